The Kier molecular flexibility index (Phi) is 6.98. The van der Waals surface area contributed by atoms with E-state index in [1.54, 1.807) is 6.08 Å². The first kappa shape index (κ1) is 21.1. The molecule has 1 aliphatic heterocycles. The predicted molar refractivity (Wildman–Crippen MR) is 119 cm³/mol. The van der Waals surface area contributed by atoms with Gasteiger partial charge in [0.15, 0.2) is 5.17 Å². The van der Waals surface area contributed by atoms with E-state index in [0.29, 0.717) is 22.3 Å². The monoisotopic (exact) mass is 542 g/mol. The molecule has 0 saturated carbocycles. The molecule has 1 aliphatic rings. The highest BCUT2D eigenvalue weighted by atomic mass is 79.9. The molecule has 0 unspecified atom stereocenters. The third-order valence-corrected chi connectivity index (χ3v) is 5.81. The molecule has 0 saturated heterocycles. The molecule has 3 rings (SSSR count). The number of amidine groups is 1. The number of aliphatic imine (C=N–C) groups is 1. The van der Waals surface area contributed by atoms with Gasteiger partial charge in [0.2, 0.25) is 5.91 Å². The number of halogens is 3. The van der Waals surface area contributed by atoms with Gasteiger partial charge in [-0.1, -0.05) is 23.7 Å². The van der Waals surface area contributed by atoms with Crippen molar-refractivity contribution in [2.24, 2.45) is 4.99 Å². The third kappa shape index (κ3) is 5.47. The summed E-state index contributed by atoms with van der Waals surface area (Å²) in [4.78, 5) is 27.4. The summed E-state index contributed by atoms with van der Waals surface area (Å²) >= 11 is 14.1. The second-order valence-electron chi connectivity index (χ2n) is 5.75. The van der Waals surface area contributed by atoms with Crippen LogP contribution in [0.1, 0.15) is 18.1 Å². The highest BCUT2D eigenvalue weighted by Gasteiger charge is 2.22. The number of rotatable bonds is 4. The van der Waals surface area contributed by atoms with Crippen LogP contribution in [-0.4, -0.2) is 17.0 Å². The van der Waals surface area contributed by atoms with Crippen LogP contribution in [0.25, 0.3) is 6.08 Å². The van der Waals surface area contributed by atoms with Crippen molar-refractivity contribution >= 4 is 78.3 Å². The number of benzene rings is 2. The standard InChI is InChI=1S/C19H13Br2ClN2O3S/c1-10(25)23-19-24-18(26)16(28-19)8-12-6-14(20)17(15(21)7-12)27-9-11-3-2-4-13(22)5-11/h2-8H,9H2,1H3,(H,23,24,25,26)/b16-8+. The highest BCUT2D eigenvalue weighted by molar-refractivity contribution is 9.11. The number of nitrogens with zero attached hydrogens (tertiary/aromatic N) is 1. The molecule has 0 aromatic heterocycles. The Hall–Kier alpha value is -1.61. The van der Waals surface area contributed by atoms with Crippen LogP contribution in [0.5, 0.6) is 5.75 Å². The summed E-state index contributed by atoms with van der Waals surface area (Å²) in [6.07, 6.45) is 1.71. The average Bonchev–Trinajstić information content (AvgIpc) is 2.92. The Balaban J connectivity index is 1.75. The predicted octanol–water partition coefficient (Wildman–Crippen LogP) is 5.55. The Morgan fingerprint density at radius 1 is 1.29 bits per heavy atom. The van der Waals surface area contributed by atoms with Gasteiger partial charge in [-0.3, -0.25) is 9.59 Å². The van der Waals surface area contributed by atoms with Crippen LogP contribution < -0.4 is 10.1 Å². The molecule has 2 aromatic carbocycles. The number of hydrogen-bond donors (Lipinski definition) is 1. The maximum Gasteiger partial charge on any atom is 0.286 e. The Bertz CT molecular complexity index is 1000. The van der Waals surface area contributed by atoms with Crippen molar-refractivity contribution < 1.29 is 14.3 Å². The van der Waals surface area contributed by atoms with Gasteiger partial charge in [0.1, 0.15) is 12.4 Å². The topological polar surface area (TPSA) is 67.8 Å². The number of ether oxygens (including phenoxy) is 1. The van der Waals surface area contributed by atoms with Gasteiger partial charge >= 0.3 is 0 Å². The second-order valence-corrected chi connectivity index (χ2v) is 8.92. The first-order chi connectivity index (χ1) is 13.3. The molecular weight excluding hydrogens is 532 g/mol. The van der Waals surface area contributed by atoms with Crippen molar-refractivity contribution in [2.45, 2.75) is 13.5 Å². The fourth-order valence-corrected chi connectivity index (χ4v) is 4.87. The Morgan fingerprint density at radius 3 is 2.64 bits per heavy atom. The molecule has 0 fully saturated rings. The summed E-state index contributed by atoms with van der Waals surface area (Å²) in [6, 6.07) is 11.1. The number of hydrogen-bond acceptors (Lipinski definition) is 4. The summed E-state index contributed by atoms with van der Waals surface area (Å²) in [5.41, 5.74) is 1.73. The Labute approximate surface area is 187 Å². The van der Waals surface area contributed by atoms with E-state index in [-0.39, 0.29) is 17.0 Å². The van der Waals surface area contributed by atoms with E-state index in [9.17, 15) is 9.59 Å². The van der Waals surface area contributed by atoms with Crippen LogP contribution in [0.4, 0.5) is 0 Å². The summed E-state index contributed by atoms with van der Waals surface area (Å²) in [6.45, 7) is 1.73. The van der Waals surface area contributed by atoms with Crippen LogP contribution >= 0.6 is 55.2 Å². The smallest absolute Gasteiger partial charge is 0.286 e. The molecule has 1 heterocycles. The van der Waals surface area contributed by atoms with E-state index in [0.717, 1.165) is 31.8 Å². The minimum absolute atomic E-state index is 0.271. The molecule has 0 spiro atoms. The normalized spacial score (nSPS) is 14.9. The summed E-state index contributed by atoms with van der Waals surface area (Å²) in [5.74, 6) is -0.0167. The van der Waals surface area contributed by atoms with E-state index in [2.05, 4.69) is 42.2 Å². The third-order valence-electron chi connectivity index (χ3n) is 3.49. The first-order valence-corrected chi connectivity index (χ1v) is 10.8. The molecule has 0 radical (unpaired) electrons. The largest absolute Gasteiger partial charge is 0.487 e. The molecule has 5 nitrogen and oxygen atoms in total. The quantitative estimate of drug-likeness (QED) is 0.513. The summed E-state index contributed by atoms with van der Waals surface area (Å²) in [5, 5.41) is 3.45. The number of carbonyl (C=O) groups is 2. The molecular formula is C19H13Br2ClN2O3S. The molecule has 0 bridgehead atoms. The van der Waals surface area contributed by atoms with Crippen LogP contribution in [0, 0.1) is 0 Å². The van der Waals surface area contributed by atoms with E-state index in [1.807, 2.05) is 36.4 Å². The van der Waals surface area contributed by atoms with Gasteiger partial charge in [-0.25, -0.2) is 0 Å². The van der Waals surface area contributed by atoms with Crippen molar-refractivity contribution in [1.29, 1.82) is 0 Å². The van der Waals surface area contributed by atoms with Gasteiger partial charge in [0.25, 0.3) is 5.91 Å². The maximum absolute atomic E-state index is 12.0. The lowest BCUT2D eigenvalue weighted by Gasteiger charge is -2.12. The SMILES string of the molecule is CC(=O)NC1=NC(=O)/C(=C\c2cc(Br)c(OCc3cccc(Cl)c3)c(Br)c2)S1. The van der Waals surface area contributed by atoms with Crippen molar-refractivity contribution in [3.8, 4) is 5.75 Å². The lowest BCUT2D eigenvalue weighted by molar-refractivity contribution is -0.117. The van der Waals surface area contributed by atoms with E-state index >= 15 is 0 Å². The minimum atomic E-state index is -0.387. The van der Waals surface area contributed by atoms with Gasteiger partial charge in [-0.2, -0.15) is 4.99 Å². The van der Waals surface area contributed by atoms with Crippen molar-refractivity contribution in [3.05, 3.63) is 66.4 Å². The Morgan fingerprint density at radius 2 is 2.00 bits per heavy atom. The van der Waals surface area contributed by atoms with Crippen LogP contribution in [0.3, 0.4) is 0 Å². The van der Waals surface area contributed by atoms with Gasteiger partial charge < -0.3 is 10.1 Å². The number of thioether (sulfide) groups is 1. The van der Waals surface area contributed by atoms with Crippen LogP contribution in [-0.2, 0) is 16.2 Å². The molecule has 9 heteroatoms. The number of amides is 2. The summed E-state index contributed by atoms with van der Waals surface area (Å²) in [7, 11) is 0. The molecule has 0 atom stereocenters. The van der Waals surface area contributed by atoms with Crippen molar-refractivity contribution in [3.63, 3.8) is 0 Å². The zero-order valence-electron chi connectivity index (χ0n) is 14.5. The lowest BCUT2D eigenvalue weighted by Crippen LogP contribution is -2.23. The van der Waals surface area contributed by atoms with Gasteiger partial charge in [-0.05, 0) is 85.1 Å². The minimum Gasteiger partial charge on any atom is -0.487 e. The van der Waals surface area contributed by atoms with Crippen LogP contribution in [0.15, 0.2) is 55.2 Å². The number of carbonyl (C=O) groups excluding carboxylic acids is 2. The molecule has 2 amide bonds. The maximum atomic E-state index is 12.0. The zero-order valence-corrected chi connectivity index (χ0v) is 19.2. The molecule has 2 aromatic rings. The van der Waals surface area contributed by atoms with E-state index < -0.39 is 0 Å². The molecule has 144 valence electrons. The molecule has 0 aliphatic carbocycles. The number of nitrogens with one attached hydrogen (secondary N) is 1. The van der Waals surface area contributed by atoms with E-state index in [1.165, 1.54) is 6.92 Å². The first-order valence-electron chi connectivity index (χ1n) is 7.98. The second kappa shape index (κ2) is 9.26. The average molecular weight is 545 g/mol. The van der Waals surface area contributed by atoms with E-state index in [4.69, 9.17) is 16.3 Å². The van der Waals surface area contributed by atoms with Gasteiger partial charge in [-0.15, -0.1) is 0 Å². The van der Waals surface area contributed by atoms with Gasteiger partial charge in [0, 0.05) is 11.9 Å². The summed E-state index contributed by atoms with van der Waals surface area (Å²) < 4.78 is 7.36. The van der Waals surface area contributed by atoms with Gasteiger partial charge in [0.05, 0.1) is 13.9 Å². The fraction of sp³-hybridized carbons (Fsp3) is 0.105. The highest BCUT2D eigenvalue weighted by Crippen LogP contribution is 2.37. The van der Waals surface area contributed by atoms with Crippen molar-refractivity contribution in [1.82, 2.24) is 5.32 Å². The van der Waals surface area contributed by atoms with Crippen molar-refractivity contribution in [2.75, 3.05) is 0 Å². The zero-order chi connectivity index (χ0) is 20.3. The molecule has 28 heavy (non-hydrogen) atoms. The fourth-order valence-electron chi connectivity index (χ4n) is 2.35. The lowest BCUT2D eigenvalue weighted by atomic mass is 10.2. The molecule has 1 N–H and O–H groups in total. The van der Waals surface area contributed by atoms with Crippen LogP contribution in [0.2, 0.25) is 5.02 Å².